The Kier molecular flexibility index (Phi) is 14.3. The van der Waals surface area contributed by atoms with E-state index in [4.69, 9.17) is 0 Å². The molecule has 0 aliphatic carbocycles. The van der Waals surface area contributed by atoms with Gasteiger partial charge in [-0.2, -0.15) is 0 Å². The highest BCUT2D eigenvalue weighted by Gasteiger charge is 2.37. The van der Waals surface area contributed by atoms with E-state index in [0.29, 0.717) is 13.0 Å². The van der Waals surface area contributed by atoms with Crippen molar-refractivity contribution in [3.8, 4) is 0 Å². The normalized spacial score (nSPS) is 17.3. The Balaban J connectivity index is 1.97. The fourth-order valence-electron chi connectivity index (χ4n) is 4.50. The maximum absolute atomic E-state index is 12.5. The summed E-state index contributed by atoms with van der Waals surface area (Å²) in [6.45, 7) is 3.86. The maximum atomic E-state index is 12.5. The van der Waals surface area contributed by atoms with Crippen molar-refractivity contribution in [1.29, 1.82) is 0 Å². The predicted octanol–water partition coefficient (Wildman–Crippen LogP) is 6.33. The van der Waals surface area contributed by atoms with Crippen LogP contribution in [-0.4, -0.2) is 55.4 Å². The molecule has 0 spiro atoms. The second kappa shape index (κ2) is 15.8. The van der Waals surface area contributed by atoms with E-state index in [1.165, 1.54) is 88.4 Å². The zero-order chi connectivity index (χ0) is 22.2. The molecule has 1 aliphatic heterocycles. The van der Waals surface area contributed by atoms with Crippen LogP contribution >= 0.6 is 0 Å². The molecule has 0 aromatic carbocycles. The standard InChI is InChI=1S/C26H51N2O2/c1-5-6-7-8-9-10-11-12-13-14-15-16-17-18-20-24-23-25(29)27(26(24)30)21-19-22-28(2,3)4/h24H,5-23H2,1-4H3/q+1. The number of likely N-dealkylation sites (tertiary alicyclic amines) is 1. The number of quaternary nitrogens is 1. The van der Waals surface area contributed by atoms with Crippen LogP contribution in [0.1, 0.15) is 116 Å². The van der Waals surface area contributed by atoms with Crippen molar-refractivity contribution in [2.24, 2.45) is 5.92 Å². The largest absolute Gasteiger partial charge is 0.331 e. The highest BCUT2D eigenvalue weighted by atomic mass is 16.2. The molecule has 0 aromatic heterocycles. The number of hydrogen-bond acceptors (Lipinski definition) is 2. The van der Waals surface area contributed by atoms with Gasteiger partial charge in [0.1, 0.15) is 0 Å². The smallest absolute Gasteiger partial charge is 0.232 e. The number of carbonyl (C=O) groups is 2. The molecule has 1 atom stereocenters. The van der Waals surface area contributed by atoms with E-state index < -0.39 is 0 Å². The predicted molar refractivity (Wildman–Crippen MR) is 127 cm³/mol. The van der Waals surface area contributed by atoms with Crippen LogP contribution in [0.3, 0.4) is 0 Å². The minimum absolute atomic E-state index is 0.0426. The van der Waals surface area contributed by atoms with Gasteiger partial charge in [0.25, 0.3) is 0 Å². The fraction of sp³-hybridized carbons (Fsp3) is 0.923. The molecule has 1 fully saturated rings. The molecule has 2 amide bonds. The molecular formula is C26H51N2O2+. The Morgan fingerprint density at radius 1 is 0.733 bits per heavy atom. The molecule has 0 bridgehead atoms. The van der Waals surface area contributed by atoms with Crippen molar-refractivity contribution in [1.82, 2.24) is 4.90 Å². The quantitative estimate of drug-likeness (QED) is 0.138. The molecule has 1 heterocycles. The van der Waals surface area contributed by atoms with Crippen LogP contribution in [0.15, 0.2) is 0 Å². The molecule has 4 heteroatoms. The summed E-state index contributed by atoms with van der Waals surface area (Å²) in [4.78, 5) is 26.3. The number of rotatable bonds is 19. The Hall–Kier alpha value is -0.900. The molecule has 1 aliphatic rings. The Labute approximate surface area is 187 Å². The molecule has 0 aromatic rings. The van der Waals surface area contributed by atoms with E-state index in [9.17, 15) is 9.59 Å². The average molecular weight is 424 g/mol. The van der Waals surface area contributed by atoms with Gasteiger partial charge >= 0.3 is 0 Å². The highest BCUT2D eigenvalue weighted by Crippen LogP contribution is 2.25. The summed E-state index contributed by atoms with van der Waals surface area (Å²) < 4.78 is 0.874. The summed E-state index contributed by atoms with van der Waals surface area (Å²) in [5.74, 6) is 0.104. The first-order valence-electron chi connectivity index (χ1n) is 13.0. The van der Waals surface area contributed by atoms with Crippen LogP contribution in [-0.2, 0) is 9.59 Å². The lowest BCUT2D eigenvalue weighted by atomic mass is 9.98. The lowest BCUT2D eigenvalue weighted by molar-refractivity contribution is -0.870. The number of carbonyl (C=O) groups excluding carboxylic acids is 2. The minimum atomic E-state index is -0.0426. The first kappa shape index (κ1) is 27.1. The van der Waals surface area contributed by atoms with E-state index in [2.05, 4.69) is 28.1 Å². The summed E-state index contributed by atoms with van der Waals surface area (Å²) in [6, 6.07) is 0. The van der Waals surface area contributed by atoms with Gasteiger partial charge in [0.15, 0.2) is 0 Å². The van der Waals surface area contributed by atoms with Crippen molar-refractivity contribution in [3.05, 3.63) is 0 Å². The van der Waals surface area contributed by atoms with Crippen LogP contribution in [0.5, 0.6) is 0 Å². The molecule has 1 saturated heterocycles. The Bertz CT molecular complexity index is 470. The van der Waals surface area contributed by atoms with E-state index >= 15 is 0 Å². The zero-order valence-electron chi connectivity index (χ0n) is 20.7. The molecule has 0 N–H and O–H groups in total. The van der Waals surface area contributed by atoms with Gasteiger partial charge in [0, 0.05) is 25.3 Å². The molecule has 0 radical (unpaired) electrons. The molecule has 30 heavy (non-hydrogen) atoms. The van der Waals surface area contributed by atoms with Crippen LogP contribution < -0.4 is 0 Å². The third kappa shape index (κ3) is 12.7. The van der Waals surface area contributed by atoms with Gasteiger partial charge in [0.2, 0.25) is 11.8 Å². The van der Waals surface area contributed by atoms with Gasteiger partial charge in [-0.3, -0.25) is 14.5 Å². The van der Waals surface area contributed by atoms with Gasteiger partial charge in [0.05, 0.1) is 27.7 Å². The van der Waals surface area contributed by atoms with Crippen molar-refractivity contribution in [2.75, 3.05) is 34.2 Å². The monoisotopic (exact) mass is 423 g/mol. The topological polar surface area (TPSA) is 37.4 Å². The number of amides is 2. The van der Waals surface area contributed by atoms with E-state index in [1.54, 1.807) is 0 Å². The number of imide groups is 1. The Morgan fingerprint density at radius 2 is 1.20 bits per heavy atom. The first-order chi connectivity index (χ1) is 14.3. The third-order valence-corrected chi connectivity index (χ3v) is 6.45. The average Bonchev–Trinajstić information content (AvgIpc) is 2.95. The molecule has 0 saturated carbocycles. The second-order valence-corrected chi connectivity index (χ2v) is 10.5. The van der Waals surface area contributed by atoms with Crippen LogP contribution in [0.2, 0.25) is 0 Å². The van der Waals surface area contributed by atoms with E-state index in [1.807, 2.05) is 0 Å². The zero-order valence-corrected chi connectivity index (χ0v) is 20.7. The molecule has 1 rings (SSSR count). The van der Waals surface area contributed by atoms with Gasteiger partial charge in [-0.05, 0) is 6.42 Å². The van der Waals surface area contributed by atoms with Crippen LogP contribution in [0.4, 0.5) is 0 Å². The lowest BCUT2D eigenvalue weighted by Gasteiger charge is -2.25. The number of hydrogen-bond donors (Lipinski definition) is 0. The summed E-state index contributed by atoms with van der Waals surface area (Å²) in [6.07, 6.45) is 21.1. The fourth-order valence-corrected chi connectivity index (χ4v) is 4.50. The van der Waals surface area contributed by atoms with E-state index in [-0.39, 0.29) is 17.7 Å². The summed E-state index contributed by atoms with van der Waals surface area (Å²) in [5.41, 5.74) is 0. The van der Waals surface area contributed by atoms with Crippen molar-refractivity contribution < 1.29 is 14.1 Å². The van der Waals surface area contributed by atoms with Crippen molar-refractivity contribution in [3.63, 3.8) is 0 Å². The highest BCUT2D eigenvalue weighted by molar-refractivity contribution is 6.03. The van der Waals surface area contributed by atoms with Gasteiger partial charge in [-0.15, -0.1) is 0 Å². The molecule has 176 valence electrons. The van der Waals surface area contributed by atoms with Crippen molar-refractivity contribution >= 4 is 11.8 Å². The van der Waals surface area contributed by atoms with Gasteiger partial charge < -0.3 is 4.48 Å². The van der Waals surface area contributed by atoms with Gasteiger partial charge in [-0.25, -0.2) is 0 Å². The molecule has 1 unspecified atom stereocenters. The third-order valence-electron chi connectivity index (χ3n) is 6.45. The summed E-state index contributed by atoms with van der Waals surface area (Å²) >= 11 is 0. The second-order valence-electron chi connectivity index (χ2n) is 10.5. The number of nitrogens with zero attached hydrogens (tertiary/aromatic N) is 2. The summed E-state index contributed by atoms with van der Waals surface area (Å²) in [7, 11) is 6.43. The first-order valence-corrected chi connectivity index (χ1v) is 13.0. The molecule has 4 nitrogen and oxygen atoms in total. The Morgan fingerprint density at radius 3 is 1.67 bits per heavy atom. The van der Waals surface area contributed by atoms with Crippen molar-refractivity contribution in [2.45, 2.75) is 116 Å². The van der Waals surface area contributed by atoms with E-state index in [0.717, 1.165) is 30.3 Å². The molecular weight excluding hydrogens is 372 g/mol. The maximum Gasteiger partial charge on any atom is 0.232 e. The summed E-state index contributed by atoms with van der Waals surface area (Å²) in [5, 5.41) is 0. The lowest BCUT2D eigenvalue weighted by Crippen LogP contribution is -2.39. The number of unbranched alkanes of at least 4 members (excludes halogenated alkanes) is 13. The SMILES string of the molecule is CCCCCCCCCCCCCCCCC1CC(=O)N(CCC[N+](C)(C)C)C1=O. The minimum Gasteiger partial charge on any atom is -0.331 e. The van der Waals surface area contributed by atoms with Crippen LogP contribution in [0, 0.1) is 5.92 Å². The van der Waals surface area contributed by atoms with Gasteiger partial charge in [-0.1, -0.05) is 96.8 Å². The van der Waals surface area contributed by atoms with Crippen LogP contribution in [0.25, 0.3) is 0 Å².